The van der Waals surface area contributed by atoms with Gasteiger partial charge in [0.25, 0.3) is 0 Å². The third kappa shape index (κ3) is 4.68. The van der Waals surface area contributed by atoms with Crippen LogP contribution in [0.5, 0.6) is 0 Å². The SMILES string of the molecule is O=C(NC1CC1)C1CCCN1C(=O)NCC(c1ccc(Cl)cc1Cl)c1c[nH]c2ccccc12. The Morgan fingerprint density at radius 2 is 1.91 bits per heavy atom. The summed E-state index contributed by atoms with van der Waals surface area (Å²) in [6.45, 7) is 0.920. The van der Waals surface area contributed by atoms with Crippen LogP contribution in [0.2, 0.25) is 10.0 Å². The van der Waals surface area contributed by atoms with E-state index < -0.39 is 6.04 Å². The average Bonchev–Trinajstić information content (AvgIpc) is 3.31. The highest BCUT2D eigenvalue weighted by Gasteiger charge is 2.36. The number of carbonyl (C=O) groups is 2. The average molecular weight is 485 g/mol. The van der Waals surface area contributed by atoms with E-state index >= 15 is 0 Å². The fraction of sp³-hybridized carbons (Fsp3) is 0.360. The highest BCUT2D eigenvalue weighted by atomic mass is 35.5. The van der Waals surface area contributed by atoms with Crippen molar-refractivity contribution in [1.82, 2.24) is 20.5 Å². The van der Waals surface area contributed by atoms with Crippen molar-refractivity contribution in [3.63, 3.8) is 0 Å². The van der Waals surface area contributed by atoms with Crippen LogP contribution in [0.15, 0.2) is 48.7 Å². The molecule has 172 valence electrons. The minimum absolute atomic E-state index is 0.0425. The van der Waals surface area contributed by atoms with E-state index in [1.807, 2.05) is 36.5 Å². The summed E-state index contributed by atoms with van der Waals surface area (Å²) >= 11 is 12.7. The number of fused-ring (bicyclic) bond motifs is 1. The Morgan fingerprint density at radius 1 is 1.09 bits per heavy atom. The van der Waals surface area contributed by atoms with Gasteiger partial charge in [0.1, 0.15) is 6.04 Å². The van der Waals surface area contributed by atoms with Crippen LogP contribution in [0.3, 0.4) is 0 Å². The number of likely N-dealkylation sites (tertiary alicyclic amines) is 1. The molecule has 6 nitrogen and oxygen atoms in total. The summed E-state index contributed by atoms with van der Waals surface area (Å²) in [5.41, 5.74) is 2.94. The summed E-state index contributed by atoms with van der Waals surface area (Å²) in [5, 5.41) is 8.29. The van der Waals surface area contributed by atoms with E-state index in [0.29, 0.717) is 29.6 Å². The van der Waals surface area contributed by atoms with Gasteiger partial charge in [-0.15, -0.1) is 0 Å². The van der Waals surface area contributed by atoms with Crippen molar-refractivity contribution in [3.8, 4) is 0 Å². The van der Waals surface area contributed by atoms with Crippen molar-refractivity contribution in [2.45, 2.75) is 43.7 Å². The Labute approximate surface area is 202 Å². The number of aromatic nitrogens is 1. The first-order valence-electron chi connectivity index (χ1n) is 11.4. The Morgan fingerprint density at radius 3 is 2.70 bits per heavy atom. The number of benzene rings is 2. The number of aromatic amines is 1. The molecule has 0 spiro atoms. The lowest BCUT2D eigenvalue weighted by Gasteiger charge is -2.26. The zero-order valence-electron chi connectivity index (χ0n) is 18.1. The minimum Gasteiger partial charge on any atom is -0.361 e. The molecule has 1 saturated heterocycles. The molecule has 1 aliphatic heterocycles. The maximum atomic E-state index is 13.1. The monoisotopic (exact) mass is 484 g/mol. The summed E-state index contributed by atoms with van der Waals surface area (Å²) in [7, 11) is 0. The molecule has 3 aromatic rings. The number of hydrogen-bond donors (Lipinski definition) is 3. The quantitative estimate of drug-likeness (QED) is 0.457. The van der Waals surface area contributed by atoms with Gasteiger partial charge in [-0.3, -0.25) is 4.79 Å². The molecule has 2 aliphatic rings. The number of amides is 3. The molecule has 2 heterocycles. The van der Waals surface area contributed by atoms with Gasteiger partial charge in [-0.2, -0.15) is 0 Å². The fourth-order valence-electron chi connectivity index (χ4n) is 4.65. The summed E-state index contributed by atoms with van der Waals surface area (Å²) in [6.07, 6.45) is 5.54. The Balaban J connectivity index is 1.38. The number of para-hydroxylation sites is 1. The predicted molar refractivity (Wildman–Crippen MR) is 131 cm³/mol. The first kappa shape index (κ1) is 22.1. The number of hydrogen-bond acceptors (Lipinski definition) is 2. The van der Waals surface area contributed by atoms with E-state index in [0.717, 1.165) is 41.3 Å². The maximum absolute atomic E-state index is 13.1. The van der Waals surface area contributed by atoms with Gasteiger partial charge in [0.15, 0.2) is 0 Å². The summed E-state index contributed by atoms with van der Waals surface area (Å²) < 4.78 is 0. The van der Waals surface area contributed by atoms with Crippen LogP contribution < -0.4 is 10.6 Å². The van der Waals surface area contributed by atoms with Crippen molar-refractivity contribution < 1.29 is 9.59 Å². The molecule has 5 rings (SSSR count). The Kier molecular flexibility index (Phi) is 6.21. The van der Waals surface area contributed by atoms with Crippen LogP contribution in [0.1, 0.15) is 42.7 Å². The standard InChI is InChI=1S/C25H26Cl2N4O2/c26-15-7-10-17(21(27)12-15)19(20-13-28-22-5-2-1-4-18(20)22)14-29-25(33)31-11-3-6-23(31)24(32)30-16-8-9-16/h1-2,4-5,7,10,12-13,16,19,23,28H,3,6,8-9,11,14H2,(H,29,33)(H,30,32). The van der Waals surface area contributed by atoms with Crippen molar-refractivity contribution >= 4 is 46.0 Å². The smallest absolute Gasteiger partial charge is 0.318 e. The molecule has 2 fully saturated rings. The van der Waals surface area contributed by atoms with Gasteiger partial charge in [-0.25, -0.2) is 4.79 Å². The number of H-pyrrole nitrogens is 1. The summed E-state index contributed by atoms with van der Waals surface area (Å²) in [6, 6.07) is 13.1. The fourth-order valence-corrected chi connectivity index (χ4v) is 5.19. The van der Waals surface area contributed by atoms with Crippen LogP contribution in [0, 0.1) is 0 Å². The summed E-state index contributed by atoms with van der Waals surface area (Å²) in [4.78, 5) is 30.7. The van der Waals surface area contributed by atoms with E-state index in [1.54, 1.807) is 11.0 Å². The highest BCUT2D eigenvalue weighted by molar-refractivity contribution is 6.35. The number of nitrogens with one attached hydrogen (secondary N) is 3. The zero-order valence-corrected chi connectivity index (χ0v) is 19.6. The van der Waals surface area contributed by atoms with Gasteiger partial charge in [0.2, 0.25) is 5.91 Å². The van der Waals surface area contributed by atoms with Crippen LogP contribution in [0.25, 0.3) is 10.9 Å². The topological polar surface area (TPSA) is 77.2 Å². The zero-order chi connectivity index (χ0) is 22.9. The van der Waals surface area contributed by atoms with Crippen molar-refractivity contribution in [2.75, 3.05) is 13.1 Å². The molecule has 2 atom stereocenters. The van der Waals surface area contributed by atoms with Gasteiger partial charge in [-0.05, 0) is 55.0 Å². The van der Waals surface area contributed by atoms with E-state index in [2.05, 4.69) is 21.7 Å². The maximum Gasteiger partial charge on any atom is 0.318 e. The normalized spacial score (nSPS) is 19.0. The second-order valence-electron chi connectivity index (χ2n) is 8.83. The number of carbonyl (C=O) groups excluding carboxylic acids is 2. The summed E-state index contributed by atoms with van der Waals surface area (Å²) in [5.74, 6) is -0.227. The molecule has 2 unspecified atom stereocenters. The van der Waals surface area contributed by atoms with E-state index in [9.17, 15) is 9.59 Å². The van der Waals surface area contributed by atoms with Gasteiger partial charge in [0, 0.05) is 52.2 Å². The van der Waals surface area contributed by atoms with E-state index in [1.165, 1.54) is 0 Å². The van der Waals surface area contributed by atoms with Crippen LogP contribution in [-0.2, 0) is 4.79 Å². The molecule has 33 heavy (non-hydrogen) atoms. The van der Waals surface area contributed by atoms with Gasteiger partial charge in [-0.1, -0.05) is 47.5 Å². The molecule has 2 aromatic carbocycles. The molecule has 3 amide bonds. The Hall–Kier alpha value is -2.70. The molecule has 8 heteroatoms. The second kappa shape index (κ2) is 9.27. The van der Waals surface area contributed by atoms with Crippen LogP contribution in [0.4, 0.5) is 4.79 Å². The minimum atomic E-state index is -0.406. The first-order chi connectivity index (χ1) is 16.0. The van der Waals surface area contributed by atoms with Gasteiger partial charge >= 0.3 is 6.03 Å². The van der Waals surface area contributed by atoms with Crippen molar-refractivity contribution in [2.24, 2.45) is 0 Å². The molecule has 1 saturated carbocycles. The number of rotatable bonds is 6. The molecule has 1 aliphatic carbocycles. The first-order valence-corrected chi connectivity index (χ1v) is 12.1. The van der Waals surface area contributed by atoms with Crippen LogP contribution in [-0.4, -0.2) is 47.0 Å². The lowest BCUT2D eigenvalue weighted by Crippen LogP contribution is -2.50. The lowest BCUT2D eigenvalue weighted by atomic mass is 9.91. The van der Waals surface area contributed by atoms with E-state index in [4.69, 9.17) is 23.2 Å². The molecule has 0 bridgehead atoms. The largest absolute Gasteiger partial charge is 0.361 e. The molecule has 0 radical (unpaired) electrons. The van der Waals surface area contributed by atoms with E-state index in [-0.39, 0.29) is 23.9 Å². The number of nitrogens with zero attached hydrogens (tertiary/aromatic N) is 1. The molecule has 3 N–H and O–H groups in total. The predicted octanol–water partition coefficient (Wildman–Crippen LogP) is 5.06. The molecule has 1 aromatic heterocycles. The molecular weight excluding hydrogens is 459 g/mol. The van der Waals surface area contributed by atoms with Crippen molar-refractivity contribution in [1.29, 1.82) is 0 Å². The number of halogens is 2. The van der Waals surface area contributed by atoms with Crippen molar-refractivity contribution in [3.05, 3.63) is 69.8 Å². The third-order valence-corrected chi connectivity index (χ3v) is 7.09. The third-order valence-electron chi connectivity index (χ3n) is 6.53. The Bertz CT molecular complexity index is 1190. The van der Waals surface area contributed by atoms with Gasteiger partial charge in [0.05, 0.1) is 0 Å². The lowest BCUT2D eigenvalue weighted by molar-refractivity contribution is -0.124. The highest BCUT2D eigenvalue weighted by Crippen LogP contribution is 2.35. The van der Waals surface area contributed by atoms with Crippen LogP contribution >= 0.6 is 23.2 Å². The second-order valence-corrected chi connectivity index (χ2v) is 9.67. The number of urea groups is 1. The molecular formula is C25H26Cl2N4O2. The van der Waals surface area contributed by atoms with Gasteiger partial charge < -0.3 is 20.5 Å².